The molecule has 0 fully saturated rings. The fourth-order valence-electron chi connectivity index (χ4n) is 1.98. The number of rotatable bonds is 8. The smallest absolute Gasteiger partial charge is 0.317 e. The minimum absolute atomic E-state index is 0.150. The third-order valence-corrected chi connectivity index (χ3v) is 3.89. The summed E-state index contributed by atoms with van der Waals surface area (Å²) >= 11 is 1.33. The van der Waals surface area contributed by atoms with Gasteiger partial charge < -0.3 is 20.7 Å². The van der Waals surface area contributed by atoms with Crippen LogP contribution in [0.5, 0.6) is 0 Å². The molecule has 126 valence electrons. The van der Waals surface area contributed by atoms with Gasteiger partial charge in [0.15, 0.2) is 0 Å². The molecule has 0 atom stereocenters. The zero-order chi connectivity index (χ0) is 16.7. The monoisotopic (exact) mass is 339 g/mol. The number of nitrogens with two attached hydrogens (primary N) is 1. The number of hydrogen-bond acceptors (Lipinski definition) is 7. The molecule has 0 aliphatic heterocycles. The van der Waals surface area contributed by atoms with Crippen molar-refractivity contribution >= 4 is 22.5 Å². The number of methoxy groups -OCH3 is 1. The minimum Gasteiger partial charge on any atom is -0.383 e. The minimum atomic E-state index is -0.150. The summed E-state index contributed by atoms with van der Waals surface area (Å²) in [5, 5.41) is 15.9. The van der Waals surface area contributed by atoms with E-state index < -0.39 is 0 Å². The Morgan fingerprint density at radius 1 is 1.52 bits per heavy atom. The summed E-state index contributed by atoms with van der Waals surface area (Å²) in [5.41, 5.74) is 6.50. The fraction of sp³-hybridized carbons (Fsp3) is 0.538. The summed E-state index contributed by atoms with van der Waals surface area (Å²) in [4.78, 5) is 14.0. The van der Waals surface area contributed by atoms with Gasteiger partial charge in [0.1, 0.15) is 5.01 Å². The predicted octanol–water partition coefficient (Wildman–Crippen LogP) is 0.254. The lowest BCUT2D eigenvalue weighted by Crippen LogP contribution is -2.41. The Labute approximate surface area is 138 Å². The largest absolute Gasteiger partial charge is 0.383 e. The van der Waals surface area contributed by atoms with Crippen molar-refractivity contribution in [2.75, 3.05) is 32.5 Å². The summed E-state index contributed by atoms with van der Waals surface area (Å²) in [5.74, 6) is 0. The van der Waals surface area contributed by atoms with Crippen molar-refractivity contribution in [3.05, 3.63) is 23.0 Å². The Hall–Kier alpha value is -2.20. The van der Waals surface area contributed by atoms with E-state index in [0.29, 0.717) is 37.8 Å². The van der Waals surface area contributed by atoms with E-state index in [-0.39, 0.29) is 6.03 Å². The van der Waals surface area contributed by atoms with Gasteiger partial charge in [0, 0.05) is 45.4 Å². The summed E-state index contributed by atoms with van der Waals surface area (Å²) < 4.78 is 6.78. The molecule has 23 heavy (non-hydrogen) atoms. The molecule has 10 heteroatoms. The number of anilines is 1. The summed E-state index contributed by atoms with van der Waals surface area (Å²) in [7, 11) is 3.46. The van der Waals surface area contributed by atoms with Crippen molar-refractivity contribution < 1.29 is 9.53 Å². The average molecular weight is 339 g/mol. The second-order valence-electron chi connectivity index (χ2n) is 4.95. The Kier molecular flexibility index (Phi) is 6.29. The number of nitrogens with zero attached hydrogens (tertiary/aromatic N) is 5. The standard InChI is InChI=1S/C13H21N7O2S/c1-19-8-10(7-16-19)9-20(5-6-22-2)13(21)15-4-3-11-17-18-12(14)23-11/h7-8H,3-6,9H2,1-2H3,(H2,14,18)(H,15,21). The van der Waals surface area contributed by atoms with Crippen molar-refractivity contribution in [1.82, 2.24) is 30.2 Å². The first-order valence-corrected chi connectivity index (χ1v) is 7.97. The van der Waals surface area contributed by atoms with Gasteiger partial charge in [-0.25, -0.2) is 4.79 Å². The molecule has 0 aliphatic rings. The lowest BCUT2D eigenvalue weighted by Gasteiger charge is -2.22. The number of nitrogen functional groups attached to an aromatic ring is 1. The first-order valence-electron chi connectivity index (χ1n) is 7.15. The summed E-state index contributed by atoms with van der Waals surface area (Å²) in [6.45, 7) is 1.93. The van der Waals surface area contributed by atoms with Crippen LogP contribution in [0.4, 0.5) is 9.93 Å². The highest BCUT2D eigenvalue weighted by Gasteiger charge is 2.14. The van der Waals surface area contributed by atoms with Gasteiger partial charge in [-0.05, 0) is 0 Å². The van der Waals surface area contributed by atoms with Crippen molar-refractivity contribution in [2.24, 2.45) is 7.05 Å². The molecular weight excluding hydrogens is 318 g/mol. The van der Waals surface area contributed by atoms with E-state index in [2.05, 4.69) is 20.6 Å². The Morgan fingerprint density at radius 2 is 2.35 bits per heavy atom. The first-order chi connectivity index (χ1) is 11.1. The van der Waals surface area contributed by atoms with Crippen LogP contribution in [0.2, 0.25) is 0 Å². The van der Waals surface area contributed by atoms with Crippen LogP contribution in [0.25, 0.3) is 0 Å². The maximum absolute atomic E-state index is 12.3. The molecule has 0 saturated heterocycles. The Bertz CT molecular complexity index is 627. The molecule has 0 saturated carbocycles. The number of aryl methyl sites for hydroxylation is 1. The van der Waals surface area contributed by atoms with Crippen molar-refractivity contribution in [3.63, 3.8) is 0 Å². The third kappa shape index (κ3) is 5.49. The number of ether oxygens (including phenoxy) is 1. The molecule has 0 unspecified atom stereocenters. The van der Waals surface area contributed by atoms with Crippen LogP contribution < -0.4 is 11.1 Å². The van der Waals surface area contributed by atoms with Gasteiger partial charge in [-0.15, -0.1) is 10.2 Å². The van der Waals surface area contributed by atoms with Crippen LogP contribution in [0.1, 0.15) is 10.6 Å². The van der Waals surface area contributed by atoms with Crippen LogP contribution >= 0.6 is 11.3 Å². The van der Waals surface area contributed by atoms with E-state index in [1.54, 1.807) is 22.9 Å². The predicted molar refractivity (Wildman–Crippen MR) is 86.9 cm³/mol. The first kappa shape index (κ1) is 17.2. The number of carbonyl (C=O) groups is 1. The molecule has 0 bridgehead atoms. The molecule has 0 aromatic carbocycles. The SMILES string of the molecule is COCCN(Cc1cnn(C)c1)C(=O)NCCc1nnc(N)s1. The van der Waals surface area contributed by atoms with E-state index in [1.807, 2.05) is 13.2 Å². The molecular formula is C13H21N7O2S. The fourth-order valence-corrected chi connectivity index (χ4v) is 2.59. The zero-order valence-electron chi connectivity index (χ0n) is 13.2. The second-order valence-corrected chi connectivity index (χ2v) is 6.05. The highest BCUT2D eigenvalue weighted by molar-refractivity contribution is 7.15. The van der Waals surface area contributed by atoms with Crippen LogP contribution in [0.15, 0.2) is 12.4 Å². The Balaban J connectivity index is 1.85. The van der Waals surface area contributed by atoms with E-state index in [1.165, 1.54) is 11.3 Å². The second kappa shape index (κ2) is 8.44. The molecule has 9 nitrogen and oxygen atoms in total. The van der Waals surface area contributed by atoms with Crippen LogP contribution in [0.3, 0.4) is 0 Å². The van der Waals surface area contributed by atoms with Gasteiger partial charge in [-0.1, -0.05) is 11.3 Å². The number of carbonyl (C=O) groups excluding carboxylic acids is 1. The maximum atomic E-state index is 12.3. The molecule has 3 N–H and O–H groups in total. The average Bonchev–Trinajstić information content (AvgIpc) is 3.12. The van der Waals surface area contributed by atoms with E-state index in [0.717, 1.165) is 10.6 Å². The summed E-state index contributed by atoms with van der Waals surface area (Å²) in [6.07, 6.45) is 4.24. The van der Waals surface area contributed by atoms with Crippen molar-refractivity contribution in [2.45, 2.75) is 13.0 Å². The lowest BCUT2D eigenvalue weighted by atomic mass is 10.3. The topological polar surface area (TPSA) is 111 Å². The van der Waals surface area contributed by atoms with Gasteiger partial charge in [0.2, 0.25) is 5.13 Å². The highest BCUT2D eigenvalue weighted by atomic mass is 32.1. The van der Waals surface area contributed by atoms with Gasteiger partial charge >= 0.3 is 6.03 Å². The molecule has 2 rings (SSSR count). The van der Waals surface area contributed by atoms with Crippen LogP contribution in [0, 0.1) is 0 Å². The third-order valence-electron chi connectivity index (χ3n) is 3.08. The number of urea groups is 1. The maximum Gasteiger partial charge on any atom is 0.317 e. The molecule has 0 aliphatic carbocycles. The zero-order valence-corrected chi connectivity index (χ0v) is 14.0. The van der Waals surface area contributed by atoms with Crippen LogP contribution in [-0.2, 0) is 24.8 Å². The molecule has 0 radical (unpaired) electrons. The molecule has 2 amide bonds. The molecule has 2 aromatic heterocycles. The van der Waals surface area contributed by atoms with Crippen LogP contribution in [-0.4, -0.2) is 57.7 Å². The summed E-state index contributed by atoms with van der Waals surface area (Å²) in [6, 6.07) is -0.150. The van der Waals surface area contributed by atoms with Gasteiger partial charge in [0.25, 0.3) is 0 Å². The number of nitrogens with one attached hydrogen (secondary N) is 1. The number of hydrogen-bond donors (Lipinski definition) is 2. The van der Waals surface area contributed by atoms with Gasteiger partial charge in [-0.2, -0.15) is 5.10 Å². The molecule has 0 spiro atoms. The number of amides is 2. The number of aromatic nitrogens is 4. The van der Waals surface area contributed by atoms with Gasteiger partial charge in [0.05, 0.1) is 19.3 Å². The van der Waals surface area contributed by atoms with Gasteiger partial charge in [-0.3, -0.25) is 4.68 Å². The highest BCUT2D eigenvalue weighted by Crippen LogP contribution is 2.10. The van der Waals surface area contributed by atoms with Crippen molar-refractivity contribution in [1.29, 1.82) is 0 Å². The normalized spacial score (nSPS) is 10.7. The van der Waals surface area contributed by atoms with E-state index in [9.17, 15) is 4.79 Å². The van der Waals surface area contributed by atoms with Crippen molar-refractivity contribution in [3.8, 4) is 0 Å². The quantitative estimate of drug-likeness (QED) is 0.713. The van der Waals surface area contributed by atoms with E-state index >= 15 is 0 Å². The lowest BCUT2D eigenvalue weighted by molar-refractivity contribution is 0.146. The molecule has 2 heterocycles. The molecule has 2 aromatic rings. The van der Waals surface area contributed by atoms with E-state index in [4.69, 9.17) is 10.5 Å². The Morgan fingerprint density at radius 3 is 2.96 bits per heavy atom.